The van der Waals surface area contributed by atoms with Gasteiger partial charge in [0.15, 0.2) is 6.61 Å². The SMILES string of the molecule is O=C(OCC(=O)N1CCCCC1)c1ccccc1NCc1ccco1. The molecule has 1 aromatic heterocycles. The number of para-hydroxylation sites is 1. The minimum Gasteiger partial charge on any atom is -0.467 e. The number of carbonyl (C=O) groups is 2. The number of esters is 1. The van der Waals surface area contributed by atoms with Gasteiger partial charge in [-0.1, -0.05) is 12.1 Å². The molecule has 2 aromatic rings. The highest BCUT2D eigenvalue weighted by Crippen LogP contribution is 2.18. The van der Waals surface area contributed by atoms with Crippen molar-refractivity contribution in [3.05, 3.63) is 54.0 Å². The predicted octanol–water partition coefficient (Wildman–Crippen LogP) is 3.06. The highest BCUT2D eigenvalue weighted by molar-refractivity contribution is 5.96. The maximum Gasteiger partial charge on any atom is 0.340 e. The van der Waals surface area contributed by atoms with Gasteiger partial charge in [0, 0.05) is 18.8 Å². The molecule has 1 saturated heterocycles. The summed E-state index contributed by atoms with van der Waals surface area (Å²) >= 11 is 0. The summed E-state index contributed by atoms with van der Waals surface area (Å²) in [4.78, 5) is 26.2. The van der Waals surface area contributed by atoms with Crippen molar-refractivity contribution in [1.29, 1.82) is 0 Å². The Kier molecular flexibility index (Phi) is 5.72. The van der Waals surface area contributed by atoms with Gasteiger partial charge in [0.1, 0.15) is 5.76 Å². The van der Waals surface area contributed by atoms with E-state index in [1.54, 1.807) is 29.4 Å². The Morgan fingerprint density at radius 1 is 1.08 bits per heavy atom. The van der Waals surface area contributed by atoms with Gasteiger partial charge in [-0.15, -0.1) is 0 Å². The first-order chi connectivity index (χ1) is 12.2. The lowest BCUT2D eigenvalue weighted by molar-refractivity contribution is -0.135. The number of carbonyl (C=O) groups excluding carboxylic acids is 2. The molecule has 0 spiro atoms. The van der Waals surface area contributed by atoms with Crippen molar-refractivity contribution in [2.75, 3.05) is 25.0 Å². The number of amides is 1. The summed E-state index contributed by atoms with van der Waals surface area (Å²) in [6.45, 7) is 1.74. The molecule has 1 aromatic carbocycles. The third-order valence-corrected chi connectivity index (χ3v) is 4.22. The van der Waals surface area contributed by atoms with E-state index in [2.05, 4.69) is 5.32 Å². The number of likely N-dealkylation sites (tertiary alicyclic amines) is 1. The molecular weight excluding hydrogens is 320 g/mol. The Morgan fingerprint density at radius 2 is 1.88 bits per heavy atom. The molecule has 6 nitrogen and oxygen atoms in total. The van der Waals surface area contributed by atoms with Crippen molar-refractivity contribution < 1.29 is 18.7 Å². The van der Waals surface area contributed by atoms with Gasteiger partial charge < -0.3 is 19.4 Å². The van der Waals surface area contributed by atoms with Crippen LogP contribution in [0.15, 0.2) is 47.1 Å². The Balaban J connectivity index is 1.56. The second kappa shape index (κ2) is 8.37. The van der Waals surface area contributed by atoms with Crippen LogP contribution in [0.1, 0.15) is 35.4 Å². The van der Waals surface area contributed by atoms with Crippen LogP contribution in [0, 0.1) is 0 Å². The Labute approximate surface area is 146 Å². The van der Waals surface area contributed by atoms with E-state index in [1.807, 2.05) is 18.2 Å². The highest BCUT2D eigenvalue weighted by atomic mass is 16.5. The van der Waals surface area contributed by atoms with E-state index < -0.39 is 5.97 Å². The minimum absolute atomic E-state index is 0.130. The molecule has 1 amide bonds. The number of ether oxygens (including phenoxy) is 1. The molecule has 0 aliphatic carbocycles. The summed E-state index contributed by atoms with van der Waals surface area (Å²) in [6.07, 6.45) is 4.78. The molecular formula is C19H22N2O4. The van der Waals surface area contributed by atoms with Gasteiger partial charge in [-0.25, -0.2) is 4.79 Å². The molecule has 1 fully saturated rings. The van der Waals surface area contributed by atoms with Crippen molar-refractivity contribution >= 4 is 17.6 Å². The van der Waals surface area contributed by atoms with Crippen molar-refractivity contribution in [2.24, 2.45) is 0 Å². The monoisotopic (exact) mass is 342 g/mol. The third-order valence-electron chi connectivity index (χ3n) is 4.22. The fourth-order valence-corrected chi connectivity index (χ4v) is 2.85. The average molecular weight is 342 g/mol. The lowest BCUT2D eigenvalue weighted by Gasteiger charge is -2.26. The van der Waals surface area contributed by atoms with Crippen molar-refractivity contribution in [1.82, 2.24) is 4.90 Å². The molecule has 6 heteroatoms. The van der Waals surface area contributed by atoms with Crippen LogP contribution in [-0.4, -0.2) is 36.5 Å². The van der Waals surface area contributed by atoms with Gasteiger partial charge >= 0.3 is 5.97 Å². The van der Waals surface area contributed by atoms with E-state index in [0.717, 1.165) is 38.1 Å². The maximum absolute atomic E-state index is 12.4. The summed E-state index contributed by atoms with van der Waals surface area (Å²) < 4.78 is 10.5. The maximum atomic E-state index is 12.4. The van der Waals surface area contributed by atoms with Gasteiger partial charge in [-0.05, 0) is 43.5 Å². The van der Waals surface area contributed by atoms with Gasteiger partial charge in [-0.3, -0.25) is 4.79 Å². The standard InChI is InChI=1S/C19H22N2O4/c22-18(21-10-4-1-5-11-21)14-25-19(23)16-8-2-3-9-17(16)20-13-15-7-6-12-24-15/h2-3,6-9,12,20H,1,4-5,10-11,13-14H2. The molecule has 1 aliphatic rings. The van der Waals surface area contributed by atoms with Crippen molar-refractivity contribution in [2.45, 2.75) is 25.8 Å². The van der Waals surface area contributed by atoms with Gasteiger partial charge in [0.05, 0.1) is 18.4 Å². The smallest absolute Gasteiger partial charge is 0.340 e. The quantitative estimate of drug-likeness (QED) is 0.817. The van der Waals surface area contributed by atoms with Crippen LogP contribution in [0.2, 0.25) is 0 Å². The molecule has 1 N–H and O–H groups in total. The molecule has 3 rings (SSSR count). The van der Waals surface area contributed by atoms with E-state index in [0.29, 0.717) is 17.8 Å². The number of nitrogens with one attached hydrogen (secondary N) is 1. The third kappa shape index (κ3) is 4.62. The van der Waals surface area contributed by atoms with Crippen LogP contribution in [-0.2, 0) is 16.1 Å². The molecule has 1 aliphatic heterocycles. The molecule has 0 atom stereocenters. The van der Waals surface area contributed by atoms with Crippen LogP contribution in [0.25, 0.3) is 0 Å². The molecule has 0 bridgehead atoms. The molecule has 25 heavy (non-hydrogen) atoms. The zero-order valence-corrected chi connectivity index (χ0v) is 14.1. The predicted molar refractivity (Wildman–Crippen MR) is 93.2 cm³/mol. The highest BCUT2D eigenvalue weighted by Gasteiger charge is 2.19. The normalized spacial score (nSPS) is 14.2. The van der Waals surface area contributed by atoms with E-state index in [9.17, 15) is 9.59 Å². The topological polar surface area (TPSA) is 71.8 Å². The number of hydrogen-bond donors (Lipinski definition) is 1. The van der Waals surface area contributed by atoms with E-state index in [-0.39, 0.29) is 12.5 Å². The second-order valence-electron chi connectivity index (χ2n) is 6.00. The second-order valence-corrected chi connectivity index (χ2v) is 6.00. The first-order valence-corrected chi connectivity index (χ1v) is 8.54. The first kappa shape index (κ1) is 17.1. The molecule has 0 unspecified atom stereocenters. The van der Waals surface area contributed by atoms with E-state index in [4.69, 9.17) is 9.15 Å². The Bertz CT molecular complexity index is 706. The lowest BCUT2D eigenvalue weighted by atomic mass is 10.1. The number of anilines is 1. The Morgan fingerprint density at radius 3 is 2.64 bits per heavy atom. The number of hydrogen-bond acceptors (Lipinski definition) is 5. The number of furan rings is 1. The largest absolute Gasteiger partial charge is 0.467 e. The van der Waals surface area contributed by atoms with Crippen molar-refractivity contribution in [3.8, 4) is 0 Å². The summed E-state index contributed by atoms with van der Waals surface area (Å²) in [5.41, 5.74) is 1.05. The van der Waals surface area contributed by atoms with E-state index >= 15 is 0 Å². The average Bonchev–Trinajstić information content (AvgIpc) is 3.18. The minimum atomic E-state index is -0.507. The fraction of sp³-hybridized carbons (Fsp3) is 0.368. The molecule has 0 saturated carbocycles. The van der Waals surface area contributed by atoms with E-state index in [1.165, 1.54) is 0 Å². The molecule has 0 radical (unpaired) electrons. The fourth-order valence-electron chi connectivity index (χ4n) is 2.85. The first-order valence-electron chi connectivity index (χ1n) is 8.54. The Hall–Kier alpha value is -2.76. The van der Waals surface area contributed by atoms with Gasteiger partial charge in [0.25, 0.3) is 5.91 Å². The number of rotatable bonds is 6. The number of piperidine rings is 1. The van der Waals surface area contributed by atoms with Crippen LogP contribution >= 0.6 is 0 Å². The summed E-state index contributed by atoms with van der Waals surface area (Å²) in [5, 5.41) is 3.16. The van der Waals surface area contributed by atoms with Gasteiger partial charge in [-0.2, -0.15) is 0 Å². The summed E-state index contributed by atoms with van der Waals surface area (Å²) in [5.74, 6) is 0.130. The van der Waals surface area contributed by atoms with Gasteiger partial charge in [0.2, 0.25) is 0 Å². The number of benzene rings is 1. The summed E-state index contributed by atoms with van der Waals surface area (Å²) in [7, 11) is 0. The van der Waals surface area contributed by atoms with Crippen LogP contribution in [0.4, 0.5) is 5.69 Å². The zero-order chi connectivity index (χ0) is 17.5. The molecule has 132 valence electrons. The van der Waals surface area contributed by atoms with Crippen LogP contribution < -0.4 is 5.32 Å². The van der Waals surface area contributed by atoms with Crippen molar-refractivity contribution in [3.63, 3.8) is 0 Å². The van der Waals surface area contributed by atoms with Crippen LogP contribution in [0.5, 0.6) is 0 Å². The lowest BCUT2D eigenvalue weighted by Crippen LogP contribution is -2.38. The zero-order valence-electron chi connectivity index (χ0n) is 14.1. The van der Waals surface area contributed by atoms with Crippen LogP contribution in [0.3, 0.4) is 0 Å². The number of nitrogens with zero attached hydrogens (tertiary/aromatic N) is 1. The molecule has 2 heterocycles. The summed E-state index contributed by atoms with van der Waals surface area (Å²) in [6, 6.07) is 10.7.